The predicted octanol–water partition coefficient (Wildman–Crippen LogP) is 1.30. The van der Waals surface area contributed by atoms with Crippen LogP contribution in [-0.2, 0) is 17.4 Å². The molecule has 0 amide bonds. The van der Waals surface area contributed by atoms with E-state index in [4.69, 9.17) is 15.5 Å². The summed E-state index contributed by atoms with van der Waals surface area (Å²) in [6, 6.07) is 7.99. The van der Waals surface area contributed by atoms with Crippen LogP contribution in [0.3, 0.4) is 0 Å². The van der Waals surface area contributed by atoms with E-state index >= 15 is 0 Å². The Morgan fingerprint density at radius 2 is 1.81 bits per heavy atom. The second kappa shape index (κ2) is 6.16. The number of hydrogen-bond acceptors (Lipinski definition) is 2. The van der Waals surface area contributed by atoms with Crippen molar-refractivity contribution in [1.29, 1.82) is 0 Å². The minimum Gasteiger partial charge on any atom is -0.330 e. The number of hydrogen-bond donors (Lipinski definition) is 3. The molecule has 1 aromatic rings. The van der Waals surface area contributed by atoms with Gasteiger partial charge in [-0.2, -0.15) is 0 Å². The summed E-state index contributed by atoms with van der Waals surface area (Å²) < 4.78 is 10.7. The highest BCUT2D eigenvalue weighted by atomic mass is 31.2. The molecule has 1 aromatic carbocycles. The van der Waals surface area contributed by atoms with Crippen LogP contribution in [0.15, 0.2) is 24.3 Å². The summed E-state index contributed by atoms with van der Waals surface area (Å²) in [5, 5.41) is 0. The highest BCUT2D eigenvalue weighted by Crippen LogP contribution is 2.35. The first kappa shape index (κ1) is 13.4. The maximum Gasteiger partial charge on any atom is 0.325 e. The molecule has 0 aromatic heterocycles. The van der Waals surface area contributed by atoms with Crippen LogP contribution in [0.4, 0.5) is 0 Å². The van der Waals surface area contributed by atoms with Gasteiger partial charge in [-0.3, -0.25) is 4.57 Å². The van der Waals surface area contributed by atoms with Crippen molar-refractivity contribution in [1.82, 2.24) is 0 Å². The second-order valence-electron chi connectivity index (χ2n) is 3.85. The molecule has 4 N–H and O–H groups in total. The summed E-state index contributed by atoms with van der Waals surface area (Å²) in [5.41, 5.74) is 7.75. The smallest absolute Gasteiger partial charge is 0.325 e. The lowest BCUT2D eigenvalue weighted by Crippen LogP contribution is -2.03. The van der Waals surface area contributed by atoms with Crippen LogP contribution in [0.25, 0.3) is 0 Å². The average Bonchev–Trinajstić information content (AvgIpc) is 2.17. The Kier molecular flexibility index (Phi) is 5.16. The van der Waals surface area contributed by atoms with Gasteiger partial charge in [0.1, 0.15) is 0 Å². The maximum absolute atomic E-state index is 10.7. The van der Waals surface area contributed by atoms with Crippen LogP contribution in [0.2, 0.25) is 0 Å². The first-order valence-electron chi connectivity index (χ1n) is 5.34. The molecule has 0 spiro atoms. The SMILES string of the molecule is NCCc1cccc(CCCP(=O)(O)O)c1. The fourth-order valence-electron chi connectivity index (χ4n) is 1.60. The zero-order valence-electron chi connectivity index (χ0n) is 9.17. The monoisotopic (exact) mass is 243 g/mol. The summed E-state index contributed by atoms with van der Waals surface area (Å²) in [4.78, 5) is 17.5. The standard InChI is InChI=1S/C11H18NO3P/c12-7-6-11-4-1-3-10(9-11)5-2-8-16(13,14)15/h1,3-4,9H,2,5-8,12H2,(H2,13,14,15). The molecule has 90 valence electrons. The largest absolute Gasteiger partial charge is 0.330 e. The van der Waals surface area contributed by atoms with Crippen molar-refractivity contribution in [3.05, 3.63) is 35.4 Å². The summed E-state index contributed by atoms with van der Waals surface area (Å²) >= 11 is 0. The van der Waals surface area contributed by atoms with Gasteiger partial charge in [0, 0.05) is 0 Å². The van der Waals surface area contributed by atoms with Gasteiger partial charge >= 0.3 is 7.60 Å². The highest BCUT2D eigenvalue weighted by molar-refractivity contribution is 7.51. The van der Waals surface area contributed by atoms with Crippen LogP contribution < -0.4 is 5.73 Å². The van der Waals surface area contributed by atoms with Gasteiger partial charge in [-0.1, -0.05) is 24.3 Å². The Balaban J connectivity index is 2.47. The lowest BCUT2D eigenvalue weighted by Gasteiger charge is -2.05. The third-order valence-electron chi connectivity index (χ3n) is 2.34. The van der Waals surface area contributed by atoms with Crippen molar-refractivity contribution < 1.29 is 14.4 Å². The molecule has 16 heavy (non-hydrogen) atoms. The minimum atomic E-state index is -3.85. The molecule has 0 heterocycles. The van der Waals surface area contributed by atoms with E-state index in [-0.39, 0.29) is 6.16 Å². The molecule has 0 aliphatic rings. The second-order valence-corrected chi connectivity index (χ2v) is 5.63. The van der Waals surface area contributed by atoms with E-state index in [1.165, 1.54) is 5.56 Å². The van der Waals surface area contributed by atoms with E-state index < -0.39 is 7.60 Å². The van der Waals surface area contributed by atoms with Gasteiger partial charge in [-0.25, -0.2) is 0 Å². The Morgan fingerprint density at radius 3 is 2.38 bits per heavy atom. The number of nitrogens with two attached hydrogens (primary N) is 1. The van der Waals surface area contributed by atoms with Crippen LogP contribution in [-0.4, -0.2) is 22.5 Å². The van der Waals surface area contributed by atoms with Crippen molar-refractivity contribution in [3.8, 4) is 0 Å². The quantitative estimate of drug-likeness (QED) is 0.657. The molecule has 0 radical (unpaired) electrons. The molecule has 4 nitrogen and oxygen atoms in total. The molecule has 0 atom stereocenters. The molecule has 0 aliphatic carbocycles. The fourth-order valence-corrected chi connectivity index (χ4v) is 2.17. The molecule has 0 saturated carbocycles. The lowest BCUT2D eigenvalue weighted by atomic mass is 10.1. The third kappa shape index (κ3) is 5.42. The Morgan fingerprint density at radius 1 is 1.19 bits per heavy atom. The highest BCUT2D eigenvalue weighted by Gasteiger charge is 2.11. The van der Waals surface area contributed by atoms with Gasteiger partial charge in [0.15, 0.2) is 0 Å². The van der Waals surface area contributed by atoms with E-state index in [0.29, 0.717) is 19.4 Å². The first-order chi connectivity index (χ1) is 7.51. The van der Waals surface area contributed by atoms with E-state index in [9.17, 15) is 4.57 Å². The molecule has 0 unspecified atom stereocenters. The van der Waals surface area contributed by atoms with Crippen molar-refractivity contribution in [2.75, 3.05) is 12.7 Å². The van der Waals surface area contributed by atoms with Crippen molar-refractivity contribution in [2.24, 2.45) is 5.73 Å². The summed E-state index contributed by atoms with van der Waals surface area (Å²) in [7, 11) is -3.85. The van der Waals surface area contributed by atoms with Gasteiger partial charge in [0.2, 0.25) is 0 Å². The third-order valence-corrected chi connectivity index (χ3v) is 3.24. The molecule has 5 heteroatoms. The van der Waals surface area contributed by atoms with E-state index in [1.807, 2.05) is 24.3 Å². The Bertz CT molecular complexity index is 375. The Labute approximate surface area is 95.6 Å². The van der Waals surface area contributed by atoms with Crippen LogP contribution in [0.1, 0.15) is 17.5 Å². The summed E-state index contributed by atoms with van der Waals surface area (Å²) in [5.74, 6) is 0. The zero-order chi connectivity index (χ0) is 12.0. The molecular formula is C11H18NO3P. The topological polar surface area (TPSA) is 83.6 Å². The molecule has 0 aliphatic heterocycles. The first-order valence-corrected chi connectivity index (χ1v) is 7.13. The molecule has 0 bridgehead atoms. The molecule has 0 fully saturated rings. The van der Waals surface area contributed by atoms with Gasteiger partial charge in [-0.05, 0) is 36.9 Å². The zero-order valence-corrected chi connectivity index (χ0v) is 10.1. The normalized spacial score (nSPS) is 11.7. The predicted molar refractivity (Wildman–Crippen MR) is 64.4 cm³/mol. The van der Waals surface area contributed by atoms with Crippen LogP contribution >= 0.6 is 7.60 Å². The fraction of sp³-hybridized carbons (Fsp3) is 0.455. The van der Waals surface area contributed by atoms with Gasteiger partial charge in [0.25, 0.3) is 0 Å². The maximum atomic E-state index is 10.7. The van der Waals surface area contributed by atoms with E-state index in [2.05, 4.69) is 0 Å². The number of rotatable bonds is 6. The number of benzene rings is 1. The van der Waals surface area contributed by atoms with E-state index in [1.54, 1.807) is 0 Å². The summed E-state index contributed by atoms with van der Waals surface area (Å²) in [6.07, 6.45) is 2.00. The minimum absolute atomic E-state index is 0.0475. The van der Waals surface area contributed by atoms with Gasteiger partial charge in [0.05, 0.1) is 6.16 Å². The van der Waals surface area contributed by atoms with Crippen molar-refractivity contribution in [3.63, 3.8) is 0 Å². The number of aryl methyl sites for hydroxylation is 1. The Hall–Kier alpha value is -0.670. The van der Waals surface area contributed by atoms with Gasteiger partial charge in [-0.15, -0.1) is 0 Å². The lowest BCUT2D eigenvalue weighted by molar-refractivity contribution is 0.371. The van der Waals surface area contributed by atoms with Crippen molar-refractivity contribution in [2.45, 2.75) is 19.3 Å². The molecule has 0 saturated heterocycles. The summed E-state index contributed by atoms with van der Waals surface area (Å²) in [6.45, 7) is 0.617. The van der Waals surface area contributed by atoms with Crippen molar-refractivity contribution >= 4 is 7.60 Å². The van der Waals surface area contributed by atoms with Gasteiger partial charge < -0.3 is 15.5 Å². The molecular weight excluding hydrogens is 225 g/mol. The molecule has 1 rings (SSSR count). The average molecular weight is 243 g/mol. The van der Waals surface area contributed by atoms with Crippen LogP contribution in [0, 0.1) is 0 Å². The van der Waals surface area contributed by atoms with E-state index in [0.717, 1.165) is 12.0 Å². The van der Waals surface area contributed by atoms with Crippen LogP contribution in [0.5, 0.6) is 0 Å².